The van der Waals surface area contributed by atoms with Gasteiger partial charge in [0.2, 0.25) is 0 Å². The molecule has 0 fully saturated rings. The summed E-state index contributed by atoms with van der Waals surface area (Å²) >= 11 is 0. The van der Waals surface area contributed by atoms with Gasteiger partial charge >= 0.3 is 0 Å². The van der Waals surface area contributed by atoms with E-state index >= 15 is 0 Å². The molecule has 0 radical (unpaired) electrons. The maximum absolute atomic E-state index is 12.1. The van der Waals surface area contributed by atoms with Gasteiger partial charge in [0.25, 0.3) is 0 Å². The van der Waals surface area contributed by atoms with Crippen molar-refractivity contribution in [2.45, 2.75) is 11.8 Å². The van der Waals surface area contributed by atoms with Crippen molar-refractivity contribution in [1.82, 2.24) is 0 Å². The largest absolute Gasteiger partial charge is 0.229 e. The lowest BCUT2D eigenvalue weighted by Gasteiger charge is -1.99. The minimum atomic E-state index is -1.36. The molecule has 104 valence electrons. The van der Waals surface area contributed by atoms with Crippen LogP contribution in [0.3, 0.4) is 0 Å². The van der Waals surface area contributed by atoms with Gasteiger partial charge in [-0.2, -0.15) is 4.40 Å². The molecule has 3 aromatic rings. The van der Waals surface area contributed by atoms with Crippen LogP contribution in [0.1, 0.15) is 11.1 Å². The van der Waals surface area contributed by atoms with Gasteiger partial charge in [-0.3, -0.25) is 0 Å². The predicted octanol–water partition coefficient (Wildman–Crippen LogP) is 4.29. The number of rotatable bonds is 3. The number of hydrogen-bond donors (Lipinski definition) is 0. The normalized spacial score (nSPS) is 12.8. The van der Waals surface area contributed by atoms with Crippen LogP contribution in [-0.4, -0.2) is 10.4 Å². The number of nitrogens with zero attached hydrogens (tertiary/aromatic N) is 1. The Bertz CT molecular complexity index is 822. The van der Waals surface area contributed by atoms with E-state index in [0.29, 0.717) is 0 Å². The molecule has 0 spiro atoms. The van der Waals surface area contributed by atoms with Crippen LogP contribution < -0.4 is 0 Å². The first kappa shape index (κ1) is 13.7. The molecule has 0 bridgehead atoms. The topological polar surface area (TPSA) is 29.4 Å². The third kappa shape index (κ3) is 3.26. The molecule has 0 aliphatic heterocycles. The van der Waals surface area contributed by atoms with Crippen LogP contribution in [0.25, 0.3) is 10.8 Å². The SMILES string of the molecule is Cc1ccc([S@](=O)/N=C/c2ccc3ccccc3c2)cc1. The Balaban J connectivity index is 1.83. The van der Waals surface area contributed by atoms with Crippen molar-refractivity contribution >= 4 is 28.0 Å². The maximum atomic E-state index is 12.1. The van der Waals surface area contributed by atoms with Crippen molar-refractivity contribution in [3.63, 3.8) is 0 Å². The Morgan fingerprint density at radius 1 is 0.905 bits per heavy atom. The highest BCUT2D eigenvalue weighted by atomic mass is 32.2. The Hall–Kier alpha value is -2.26. The van der Waals surface area contributed by atoms with E-state index in [-0.39, 0.29) is 0 Å². The zero-order chi connectivity index (χ0) is 14.7. The predicted molar refractivity (Wildman–Crippen MR) is 89.1 cm³/mol. The zero-order valence-electron chi connectivity index (χ0n) is 11.7. The maximum Gasteiger partial charge on any atom is 0.172 e. The highest BCUT2D eigenvalue weighted by molar-refractivity contribution is 7.83. The highest BCUT2D eigenvalue weighted by Gasteiger charge is 2.00. The van der Waals surface area contributed by atoms with Gasteiger partial charge in [-0.05, 0) is 41.5 Å². The molecule has 0 aromatic heterocycles. The van der Waals surface area contributed by atoms with Gasteiger partial charge < -0.3 is 0 Å². The summed E-state index contributed by atoms with van der Waals surface area (Å²) in [4.78, 5) is 0.720. The Morgan fingerprint density at radius 3 is 2.38 bits per heavy atom. The first-order chi connectivity index (χ1) is 10.2. The Labute approximate surface area is 126 Å². The summed E-state index contributed by atoms with van der Waals surface area (Å²) in [7, 11) is -1.36. The number of hydrogen-bond acceptors (Lipinski definition) is 1. The van der Waals surface area contributed by atoms with Crippen LogP contribution in [0, 0.1) is 6.92 Å². The number of fused-ring (bicyclic) bond motifs is 1. The minimum Gasteiger partial charge on any atom is -0.229 e. The fourth-order valence-corrected chi connectivity index (χ4v) is 2.82. The van der Waals surface area contributed by atoms with Gasteiger partial charge in [-0.15, -0.1) is 0 Å². The summed E-state index contributed by atoms with van der Waals surface area (Å²) in [5.41, 5.74) is 2.10. The second-order valence-electron chi connectivity index (χ2n) is 4.90. The highest BCUT2D eigenvalue weighted by Crippen LogP contribution is 2.15. The molecule has 0 heterocycles. The lowest BCUT2D eigenvalue weighted by molar-refractivity contribution is 0.684. The van der Waals surface area contributed by atoms with Gasteiger partial charge in [0.1, 0.15) is 0 Å². The average Bonchev–Trinajstić information content (AvgIpc) is 2.53. The van der Waals surface area contributed by atoms with E-state index in [1.165, 1.54) is 5.39 Å². The van der Waals surface area contributed by atoms with Gasteiger partial charge in [-0.25, -0.2) is 4.21 Å². The van der Waals surface area contributed by atoms with Gasteiger partial charge in [0.05, 0.1) is 4.90 Å². The van der Waals surface area contributed by atoms with E-state index in [4.69, 9.17) is 0 Å². The third-order valence-corrected chi connectivity index (χ3v) is 4.27. The minimum absolute atomic E-state index is 0.720. The lowest BCUT2D eigenvalue weighted by Crippen LogP contribution is -1.89. The van der Waals surface area contributed by atoms with Crippen LogP contribution in [-0.2, 0) is 11.0 Å². The first-order valence-electron chi connectivity index (χ1n) is 6.74. The summed E-state index contributed by atoms with van der Waals surface area (Å²) in [6.07, 6.45) is 1.67. The first-order valence-corrected chi connectivity index (χ1v) is 7.84. The van der Waals surface area contributed by atoms with Crippen LogP contribution in [0.5, 0.6) is 0 Å². The van der Waals surface area contributed by atoms with Crippen molar-refractivity contribution in [2.75, 3.05) is 0 Å². The molecule has 1 atom stereocenters. The van der Waals surface area contributed by atoms with E-state index in [1.807, 2.05) is 61.5 Å². The molecule has 3 rings (SSSR count). The zero-order valence-corrected chi connectivity index (χ0v) is 12.5. The number of aryl methyl sites for hydroxylation is 1. The van der Waals surface area contributed by atoms with E-state index in [0.717, 1.165) is 21.4 Å². The molecular formula is C18H15NOS. The second kappa shape index (κ2) is 6.02. The average molecular weight is 293 g/mol. The molecule has 3 aromatic carbocycles. The molecule has 21 heavy (non-hydrogen) atoms. The standard InChI is InChI=1S/C18H15NOS/c1-14-6-10-18(11-7-14)21(20)19-13-15-8-9-16-4-2-3-5-17(16)12-15/h2-13H,1H3/b19-13+/t21-/m0/s1. The smallest absolute Gasteiger partial charge is 0.172 e. The molecule has 0 amide bonds. The molecular weight excluding hydrogens is 278 g/mol. The Morgan fingerprint density at radius 2 is 1.62 bits per heavy atom. The van der Waals surface area contributed by atoms with Crippen LogP contribution >= 0.6 is 0 Å². The molecule has 0 aliphatic rings. The van der Waals surface area contributed by atoms with Gasteiger partial charge in [0.15, 0.2) is 11.0 Å². The van der Waals surface area contributed by atoms with E-state index < -0.39 is 11.0 Å². The van der Waals surface area contributed by atoms with Crippen molar-refractivity contribution in [3.8, 4) is 0 Å². The van der Waals surface area contributed by atoms with E-state index in [1.54, 1.807) is 6.21 Å². The van der Waals surface area contributed by atoms with E-state index in [2.05, 4.69) is 16.5 Å². The molecule has 3 heteroatoms. The van der Waals surface area contributed by atoms with Gasteiger partial charge in [-0.1, -0.05) is 54.1 Å². The van der Waals surface area contributed by atoms with Crippen molar-refractivity contribution in [1.29, 1.82) is 0 Å². The molecule has 0 unspecified atom stereocenters. The molecule has 0 N–H and O–H groups in total. The second-order valence-corrected chi connectivity index (χ2v) is 6.08. The van der Waals surface area contributed by atoms with Crippen molar-refractivity contribution in [2.24, 2.45) is 4.40 Å². The summed E-state index contributed by atoms with van der Waals surface area (Å²) in [5.74, 6) is 0. The molecule has 0 saturated carbocycles. The van der Waals surface area contributed by atoms with Crippen LogP contribution in [0.2, 0.25) is 0 Å². The molecule has 0 saturated heterocycles. The third-order valence-electron chi connectivity index (χ3n) is 3.29. The fourth-order valence-electron chi connectivity index (χ4n) is 2.11. The monoisotopic (exact) mass is 293 g/mol. The van der Waals surface area contributed by atoms with Crippen molar-refractivity contribution in [3.05, 3.63) is 77.9 Å². The van der Waals surface area contributed by atoms with Gasteiger partial charge in [0, 0.05) is 6.21 Å². The Kier molecular flexibility index (Phi) is 3.93. The molecule has 2 nitrogen and oxygen atoms in total. The summed E-state index contributed by atoms with van der Waals surface area (Å²) in [6.45, 7) is 2.01. The summed E-state index contributed by atoms with van der Waals surface area (Å²) in [6, 6.07) is 21.8. The quantitative estimate of drug-likeness (QED) is 0.662. The summed E-state index contributed by atoms with van der Waals surface area (Å²) in [5, 5.41) is 2.34. The van der Waals surface area contributed by atoms with Crippen molar-refractivity contribution < 1.29 is 4.21 Å². The summed E-state index contributed by atoms with van der Waals surface area (Å²) < 4.78 is 16.3. The van der Waals surface area contributed by atoms with Crippen LogP contribution in [0.15, 0.2) is 76.0 Å². The number of benzene rings is 3. The fraction of sp³-hybridized carbons (Fsp3) is 0.0556. The molecule has 0 aliphatic carbocycles. The van der Waals surface area contributed by atoms with E-state index in [9.17, 15) is 4.21 Å². The van der Waals surface area contributed by atoms with Crippen LogP contribution in [0.4, 0.5) is 0 Å². The lowest BCUT2D eigenvalue weighted by atomic mass is 10.1.